The number of nitrogens with zero attached hydrogens (tertiary/aromatic N) is 2. The van der Waals surface area contributed by atoms with Crippen LogP contribution in [0.2, 0.25) is 0 Å². The molecule has 18 heavy (non-hydrogen) atoms. The molecular weight excluding hydrogens is 226 g/mol. The molecule has 1 heterocycles. The topological polar surface area (TPSA) is 51.4 Å². The maximum Gasteiger partial charge on any atom is 0.120 e. The van der Waals surface area contributed by atoms with E-state index in [4.69, 9.17) is 10.5 Å². The zero-order chi connectivity index (χ0) is 13.0. The molecule has 2 rings (SSSR count). The third-order valence-corrected chi connectivity index (χ3v) is 2.85. The highest BCUT2D eigenvalue weighted by atomic mass is 16.5. The molecule has 2 N–H and O–H groups in total. The number of methoxy groups -OCH3 is 1. The van der Waals surface area contributed by atoms with Gasteiger partial charge < -0.3 is 15.4 Å². The highest BCUT2D eigenvalue weighted by Gasteiger charge is 2.05. The molecule has 0 aliphatic carbocycles. The van der Waals surface area contributed by atoms with E-state index in [-0.39, 0.29) is 0 Å². The van der Waals surface area contributed by atoms with E-state index >= 15 is 0 Å². The van der Waals surface area contributed by atoms with Crippen LogP contribution in [0, 0.1) is 0 Å². The van der Waals surface area contributed by atoms with Crippen molar-refractivity contribution in [3.8, 4) is 5.75 Å². The number of rotatable bonds is 4. The molecule has 0 bridgehead atoms. The Morgan fingerprint density at radius 2 is 2.06 bits per heavy atom. The Hall–Kier alpha value is -2.07. The first kappa shape index (κ1) is 12.4. The summed E-state index contributed by atoms with van der Waals surface area (Å²) in [5.74, 6) is 0.839. The highest BCUT2D eigenvalue weighted by molar-refractivity contribution is 5.63. The van der Waals surface area contributed by atoms with Crippen LogP contribution in [0.3, 0.4) is 0 Å². The predicted octanol–water partition coefficient (Wildman–Crippen LogP) is 2.32. The summed E-state index contributed by atoms with van der Waals surface area (Å²) < 4.78 is 5.22. The lowest BCUT2D eigenvalue weighted by Crippen LogP contribution is -2.10. The van der Waals surface area contributed by atoms with Crippen molar-refractivity contribution in [3.63, 3.8) is 0 Å². The molecule has 94 valence electrons. The number of hydrogen-bond acceptors (Lipinski definition) is 4. The van der Waals surface area contributed by atoms with Crippen LogP contribution in [-0.2, 0) is 6.54 Å². The monoisotopic (exact) mass is 243 g/mol. The fourth-order valence-corrected chi connectivity index (χ4v) is 1.70. The second-order valence-electron chi connectivity index (χ2n) is 3.97. The molecule has 0 fully saturated rings. The first-order valence-electron chi connectivity index (χ1n) is 5.77. The second-order valence-corrected chi connectivity index (χ2v) is 3.97. The molecule has 4 heteroatoms. The van der Waals surface area contributed by atoms with Crippen molar-refractivity contribution in [3.05, 3.63) is 48.3 Å². The Morgan fingerprint density at radius 3 is 2.67 bits per heavy atom. The van der Waals surface area contributed by atoms with Crippen molar-refractivity contribution < 1.29 is 4.74 Å². The van der Waals surface area contributed by atoms with Gasteiger partial charge in [0.1, 0.15) is 5.75 Å². The minimum atomic E-state index is 0.461. The van der Waals surface area contributed by atoms with Gasteiger partial charge in [0, 0.05) is 25.3 Å². The maximum absolute atomic E-state index is 5.53. The van der Waals surface area contributed by atoms with Crippen LogP contribution < -0.4 is 15.4 Å². The fraction of sp³-hybridized carbons (Fsp3) is 0.214. The van der Waals surface area contributed by atoms with Crippen LogP contribution in [0.25, 0.3) is 0 Å². The molecule has 2 aromatic rings. The Kier molecular flexibility index (Phi) is 3.79. The molecule has 0 spiro atoms. The SMILES string of the molecule is COc1cccc(N(C)c2ccc(CN)nc2)c1. The summed E-state index contributed by atoms with van der Waals surface area (Å²) in [5.41, 5.74) is 8.49. The minimum absolute atomic E-state index is 0.461. The molecule has 0 saturated carbocycles. The number of nitrogens with two attached hydrogens (primary N) is 1. The van der Waals surface area contributed by atoms with Crippen LogP contribution in [0.5, 0.6) is 5.75 Å². The zero-order valence-electron chi connectivity index (χ0n) is 10.6. The third kappa shape index (κ3) is 2.60. The Labute approximate surface area is 107 Å². The maximum atomic E-state index is 5.53. The van der Waals surface area contributed by atoms with Crippen LogP contribution >= 0.6 is 0 Å². The summed E-state index contributed by atoms with van der Waals surface area (Å²) in [6.07, 6.45) is 1.82. The molecular formula is C14H17N3O. The van der Waals surface area contributed by atoms with E-state index in [1.807, 2.05) is 49.6 Å². The van der Waals surface area contributed by atoms with Crippen molar-refractivity contribution >= 4 is 11.4 Å². The molecule has 1 aromatic heterocycles. The lowest BCUT2D eigenvalue weighted by molar-refractivity contribution is 0.415. The van der Waals surface area contributed by atoms with Gasteiger partial charge in [0.25, 0.3) is 0 Å². The van der Waals surface area contributed by atoms with E-state index in [1.165, 1.54) is 0 Å². The molecule has 0 aliphatic heterocycles. The van der Waals surface area contributed by atoms with Gasteiger partial charge in [0.15, 0.2) is 0 Å². The summed E-state index contributed by atoms with van der Waals surface area (Å²) >= 11 is 0. The van der Waals surface area contributed by atoms with Gasteiger partial charge in [-0.15, -0.1) is 0 Å². The predicted molar refractivity (Wildman–Crippen MR) is 73.2 cm³/mol. The average molecular weight is 243 g/mol. The van der Waals surface area contributed by atoms with Gasteiger partial charge in [0.2, 0.25) is 0 Å². The van der Waals surface area contributed by atoms with Gasteiger partial charge in [-0.3, -0.25) is 4.98 Å². The van der Waals surface area contributed by atoms with Gasteiger partial charge >= 0.3 is 0 Å². The molecule has 0 radical (unpaired) electrons. The lowest BCUT2D eigenvalue weighted by Gasteiger charge is -2.19. The first-order valence-corrected chi connectivity index (χ1v) is 5.77. The molecule has 0 saturated heterocycles. The Balaban J connectivity index is 2.25. The number of benzene rings is 1. The normalized spacial score (nSPS) is 10.2. The number of ether oxygens (including phenoxy) is 1. The van der Waals surface area contributed by atoms with Gasteiger partial charge in [0.05, 0.1) is 24.7 Å². The number of hydrogen-bond donors (Lipinski definition) is 1. The minimum Gasteiger partial charge on any atom is -0.497 e. The van der Waals surface area contributed by atoms with Crippen LogP contribution in [0.1, 0.15) is 5.69 Å². The van der Waals surface area contributed by atoms with E-state index in [0.717, 1.165) is 22.8 Å². The second kappa shape index (κ2) is 5.51. The third-order valence-electron chi connectivity index (χ3n) is 2.85. The van der Waals surface area contributed by atoms with E-state index in [9.17, 15) is 0 Å². The molecule has 0 aliphatic rings. The molecule has 0 unspecified atom stereocenters. The smallest absolute Gasteiger partial charge is 0.120 e. The van der Waals surface area contributed by atoms with Gasteiger partial charge in [-0.1, -0.05) is 6.07 Å². The molecule has 4 nitrogen and oxygen atoms in total. The standard InChI is InChI=1S/C14H17N3O/c1-17(12-4-3-5-14(8-12)18-2)13-7-6-11(9-15)16-10-13/h3-8,10H,9,15H2,1-2H3. The van der Waals surface area contributed by atoms with Crippen molar-refractivity contribution in [1.29, 1.82) is 0 Å². The number of anilines is 2. The van der Waals surface area contributed by atoms with Gasteiger partial charge in [-0.2, -0.15) is 0 Å². The average Bonchev–Trinajstić information content (AvgIpc) is 2.46. The highest BCUT2D eigenvalue weighted by Crippen LogP contribution is 2.26. The van der Waals surface area contributed by atoms with Gasteiger partial charge in [-0.05, 0) is 24.3 Å². The van der Waals surface area contributed by atoms with Crippen molar-refractivity contribution in [2.45, 2.75) is 6.54 Å². The van der Waals surface area contributed by atoms with Gasteiger partial charge in [-0.25, -0.2) is 0 Å². The Bertz CT molecular complexity index is 511. The number of aromatic nitrogens is 1. The largest absolute Gasteiger partial charge is 0.497 e. The summed E-state index contributed by atoms with van der Waals surface area (Å²) in [7, 11) is 3.66. The molecule has 0 atom stereocenters. The van der Waals surface area contributed by atoms with E-state index in [2.05, 4.69) is 9.88 Å². The van der Waals surface area contributed by atoms with Crippen molar-refractivity contribution in [2.24, 2.45) is 5.73 Å². The van der Waals surface area contributed by atoms with Crippen molar-refractivity contribution in [1.82, 2.24) is 4.98 Å². The summed E-state index contributed by atoms with van der Waals surface area (Å²) in [4.78, 5) is 6.34. The number of pyridine rings is 1. The first-order chi connectivity index (χ1) is 8.74. The molecule has 1 aromatic carbocycles. The zero-order valence-corrected chi connectivity index (χ0v) is 10.6. The van der Waals surface area contributed by atoms with Crippen molar-refractivity contribution in [2.75, 3.05) is 19.1 Å². The Morgan fingerprint density at radius 1 is 1.22 bits per heavy atom. The van der Waals surface area contributed by atoms with Crippen LogP contribution in [0.15, 0.2) is 42.6 Å². The van der Waals surface area contributed by atoms with E-state index in [0.29, 0.717) is 6.54 Å². The summed E-state index contributed by atoms with van der Waals surface area (Å²) in [6.45, 7) is 0.461. The van der Waals surface area contributed by atoms with Crippen LogP contribution in [-0.4, -0.2) is 19.1 Å². The summed E-state index contributed by atoms with van der Waals surface area (Å²) in [6, 6.07) is 11.8. The van der Waals surface area contributed by atoms with E-state index < -0.39 is 0 Å². The summed E-state index contributed by atoms with van der Waals surface area (Å²) in [5, 5.41) is 0. The van der Waals surface area contributed by atoms with Crippen LogP contribution in [0.4, 0.5) is 11.4 Å². The fourth-order valence-electron chi connectivity index (χ4n) is 1.70. The van der Waals surface area contributed by atoms with E-state index in [1.54, 1.807) is 7.11 Å². The quantitative estimate of drug-likeness (QED) is 0.895. The lowest BCUT2D eigenvalue weighted by atomic mass is 10.2. The molecule has 0 amide bonds.